The summed E-state index contributed by atoms with van der Waals surface area (Å²) in [5.41, 5.74) is 8.67. The molecule has 1 unspecified atom stereocenters. The summed E-state index contributed by atoms with van der Waals surface area (Å²) in [7, 11) is 1.65. The van der Waals surface area contributed by atoms with E-state index in [1.54, 1.807) is 7.11 Å². The van der Waals surface area contributed by atoms with Gasteiger partial charge in [-0.25, -0.2) is 0 Å². The summed E-state index contributed by atoms with van der Waals surface area (Å²) in [6.45, 7) is 4.45. The van der Waals surface area contributed by atoms with Crippen LogP contribution in [-0.4, -0.2) is 25.4 Å². The van der Waals surface area contributed by atoms with Gasteiger partial charge in [-0.3, -0.25) is 0 Å². The van der Waals surface area contributed by atoms with Crippen LogP contribution < -0.4 is 10.5 Å². The number of benzene rings is 1. The maximum Gasteiger partial charge on any atom is 0.125 e. The Labute approximate surface area is 108 Å². The lowest BCUT2D eigenvalue weighted by atomic mass is 9.94. The molecule has 0 saturated heterocycles. The third-order valence-corrected chi connectivity index (χ3v) is 3.47. The van der Waals surface area contributed by atoms with Crippen LogP contribution in [0, 0.1) is 19.8 Å². The molecule has 0 aliphatic rings. The minimum Gasteiger partial charge on any atom is -0.496 e. The van der Waals surface area contributed by atoms with Crippen molar-refractivity contribution < 1.29 is 9.84 Å². The number of aliphatic hydroxyl groups is 1. The van der Waals surface area contributed by atoms with Crippen molar-refractivity contribution in [3.8, 4) is 5.75 Å². The normalized spacial score (nSPS) is 12.6. The molecule has 1 rings (SSSR count). The molecule has 1 aromatic carbocycles. The van der Waals surface area contributed by atoms with Crippen molar-refractivity contribution in [1.29, 1.82) is 0 Å². The largest absolute Gasteiger partial charge is 0.496 e. The maximum atomic E-state index is 9.23. The minimum atomic E-state index is 0.0421. The maximum absolute atomic E-state index is 9.23. The molecule has 4 heteroatoms. The molecule has 0 aliphatic heterocycles. The number of aliphatic hydroxyl groups excluding tert-OH is 1. The van der Waals surface area contributed by atoms with Crippen LogP contribution in [0.25, 0.3) is 0 Å². The molecule has 0 bridgehead atoms. The van der Waals surface area contributed by atoms with Crippen LogP contribution in [-0.2, 0) is 6.42 Å². The Bertz CT molecular complexity index is 389. The molecule has 96 valence electrons. The van der Waals surface area contributed by atoms with Crippen molar-refractivity contribution in [2.24, 2.45) is 11.7 Å². The summed E-state index contributed by atoms with van der Waals surface area (Å²) in [5.74, 6) is 0.888. The molecule has 1 atom stereocenters. The summed E-state index contributed by atoms with van der Waals surface area (Å²) >= 11 is 6.17. The van der Waals surface area contributed by atoms with Gasteiger partial charge in [0.05, 0.1) is 7.11 Å². The molecule has 0 amide bonds. The van der Waals surface area contributed by atoms with Crippen molar-refractivity contribution >= 4 is 11.6 Å². The van der Waals surface area contributed by atoms with E-state index in [0.29, 0.717) is 13.0 Å². The molecule has 1 aromatic rings. The first-order valence-corrected chi connectivity index (χ1v) is 6.06. The van der Waals surface area contributed by atoms with Crippen molar-refractivity contribution in [2.75, 3.05) is 20.3 Å². The fourth-order valence-electron chi connectivity index (χ4n) is 1.96. The molecule has 0 radical (unpaired) electrons. The van der Waals surface area contributed by atoms with Crippen LogP contribution in [0.15, 0.2) is 6.07 Å². The smallest absolute Gasteiger partial charge is 0.125 e. The van der Waals surface area contributed by atoms with Gasteiger partial charge >= 0.3 is 0 Å². The van der Waals surface area contributed by atoms with E-state index in [-0.39, 0.29) is 12.5 Å². The van der Waals surface area contributed by atoms with E-state index in [2.05, 4.69) is 0 Å². The average Bonchev–Trinajstić information content (AvgIpc) is 2.32. The van der Waals surface area contributed by atoms with Crippen LogP contribution >= 0.6 is 11.6 Å². The Morgan fingerprint density at radius 3 is 2.59 bits per heavy atom. The highest BCUT2D eigenvalue weighted by Crippen LogP contribution is 2.33. The number of hydrogen-bond donors (Lipinski definition) is 2. The third kappa shape index (κ3) is 3.12. The summed E-state index contributed by atoms with van der Waals surface area (Å²) in [5, 5.41) is 9.96. The molecule has 0 aromatic heterocycles. The highest BCUT2D eigenvalue weighted by Gasteiger charge is 2.16. The lowest BCUT2D eigenvalue weighted by Crippen LogP contribution is -2.21. The van der Waals surface area contributed by atoms with Gasteiger partial charge in [0.25, 0.3) is 0 Å². The number of rotatable bonds is 5. The number of halogens is 1. The van der Waals surface area contributed by atoms with Gasteiger partial charge in [-0.1, -0.05) is 11.6 Å². The van der Waals surface area contributed by atoms with Gasteiger partial charge in [0.15, 0.2) is 0 Å². The fraction of sp³-hybridized carbons (Fsp3) is 0.538. The molecular weight excluding hydrogens is 238 g/mol. The monoisotopic (exact) mass is 257 g/mol. The molecule has 3 nitrogen and oxygen atoms in total. The van der Waals surface area contributed by atoms with Crippen LogP contribution in [0.1, 0.15) is 16.7 Å². The zero-order valence-corrected chi connectivity index (χ0v) is 11.3. The minimum absolute atomic E-state index is 0.0421. The predicted octanol–water partition coefficient (Wildman–Crippen LogP) is 2.08. The lowest BCUT2D eigenvalue weighted by Gasteiger charge is -2.19. The Morgan fingerprint density at radius 2 is 2.12 bits per heavy atom. The highest BCUT2D eigenvalue weighted by molar-refractivity contribution is 6.31. The van der Waals surface area contributed by atoms with Gasteiger partial charge in [-0.05, 0) is 55.5 Å². The Kier molecular flexibility index (Phi) is 5.25. The van der Waals surface area contributed by atoms with Crippen molar-refractivity contribution in [3.63, 3.8) is 0 Å². The molecule has 0 saturated carbocycles. The fourth-order valence-corrected chi connectivity index (χ4v) is 2.24. The highest BCUT2D eigenvalue weighted by atomic mass is 35.5. The van der Waals surface area contributed by atoms with Crippen LogP contribution in [0.3, 0.4) is 0 Å². The molecule has 0 heterocycles. The predicted molar refractivity (Wildman–Crippen MR) is 70.8 cm³/mol. The number of hydrogen-bond acceptors (Lipinski definition) is 3. The topological polar surface area (TPSA) is 55.5 Å². The zero-order valence-electron chi connectivity index (χ0n) is 10.6. The number of aryl methyl sites for hydroxylation is 1. The Morgan fingerprint density at radius 1 is 1.47 bits per heavy atom. The van der Waals surface area contributed by atoms with E-state index in [1.165, 1.54) is 0 Å². The first-order valence-electron chi connectivity index (χ1n) is 5.68. The van der Waals surface area contributed by atoms with E-state index in [4.69, 9.17) is 22.1 Å². The van der Waals surface area contributed by atoms with Gasteiger partial charge in [0, 0.05) is 11.6 Å². The molecular formula is C13H20ClNO2. The summed E-state index contributed by atoms with van der Waals surface area (Å²) in [4.78, 5) is 0. The molecule has 3 N–H and O–H groups in total. The number of methoxy groups -OCH3 is 1. The quantitative estimate of drug-likeness (QED) is 0.849. The lowest BCUT2D eigenvalue weighted by molar-refractivity contribution is 0.228. The molecule has 0 spiro atoms. The van der Waals surface area contributed by atoms with Gasteiger partial charge in [0.2, 0.25) is 0 Å². The van der Waals surface area contributed by atoms with E-state index in [0.717, 1.165) is 27.5 Å². The molecule has 0 aliphatic carbocycles. The second-order valence-corrected chi connectivity index (χ2v) is 4.71. The van der Waals surface area contributed by atoms with Crippen LogP contribution in [0.4, 0.5) is 0 Å². The van der Waals surface area contributed by atoms with Crippen molar-refractivity contribution in [1.82, 2.24) is 0 Å². The van der Waals surface area contributed by atoms with E-state index >= 15 is 0 Å². The summed E-state index contributed by atoms with van der Waals surface area (Å²) < 4.78 is 5.42. The van der Waals surface area contributed by atoms with Crippen LogP contribution in [0.2, 0.25) is 5.02 Å². The number of ether oxygens (including phenoxy) is 1. The van der Waals surface area contributed by atoms with E-state index < -0.39 is 0 Å². The average molecular weight is 258 g/mol. The second-order valence-electron chi connectivity index (χ2n) is 4.30. The van der Waals surface area contributed by atoms with Gasteiger partial charge in [-0.2, -0.15) is 0 Å². The Hall–Kier alpha value is -0.770. The van der Waals surface area contributed by atoms with Gasteiger partial charge in [-0.15, -0.1) is 0 Å². The third-order valence-electron chi connectivity index (χ3n) is 3.07. The Balaban J connectivity index is 3.19. The zero-order chi connectivity index (χ0) is 13.0. The number of nitrogens with two attached hydrogens (primary N) is 1. The van der Waals surface area contributed by atoms with Gasteiger partial charge < -0.3 is 15.6 Å². The van der Waals surface area contributed by atoms with Crippen molar-refractivity contribution in [2.45, 2.75) is 20.3 Å². The standard InChI is InChI=1S/C13H20ClNO2/c1-8-4-12(14)9(2)11(13(8)17-3)5-10(6-15)7-16/h4,10,16H,5-7,15H2,1-3H3. The summed E-state index contributed by atoms with van der Waals surface area (Å²) in [6, 6.07) is 1.90. The van der Waals surface area contributed by atoms with Crippen molar-refractivity contribution in [3.05, 3.63) is 27.8 Å². The van der Waals surface area contributed by atoms with E-state index in [1.807, 2.05) is 19.9 Å². The molecule has 0 fully saturated rings. The molecule has 17 heavy (non-hydrogen) atoms. The first-order chi connectivity index (χ1) is 8.04. The van der Waals surface area contributed by atoms with E-state index in [9.17, 15) is 5.11 Å². The van der Waals surface area contributed by atoms with Gasteiger partial charge in [0.1, 0.15) is 5.75 Å². The summed E-state index contributed by atoms with van der Waals surface area (Å²) in [6.07, 6.45) is 0.684. The first kappa shape index (κ1) is 14.3. The SMILES string of the molecule is COc1c(C)cc(Cl)c(C)c1CC(CN)CO. The second kappa shape index (κ2) is 6.24. The van der Waals surface area contributed by atoms with Crippen LogP contribution in [0.5, 0.6) is 5.75 Å².